The molecule has 1 aliphatic heterocycles. The Bertz CT molecular complexity index is 552. The highest BCUT2D eigenvalue weighted by Crippen LogP contribution is 2.46. The molecule has 0 aromatic heterocycles. The number of rotatable bonds is 2. The van der Waals surface area contributed by atoms with Gasteiger partial charge in [0.05, 0.1) is 12.2 Å². The molecule has 1 aliphatic carbocycles. The van der Waals surface area contributed by atoms with Crippen molar-refractivity contribution in [3.63, 3.8) is 0 Å². The number of halogens is 1. The first kappa shape index (κ1) is 15.4. The summed E-state index contributed by atoms with van der Waals surface area (Å²) in [4.78, 5) is 0. The summed E-state index contributed by atoms with van der Waals surface area (Å²) in [5.74, 6) is 1.59. The standard InChI is InChI=1S/C18H25BrO2/c1-12-8-17(2,3)11-18(20,9-12)10-14-7-15(19)6-13-4-5-21-16(13)14/h6-7,12,20H,4-5,8-11H2,1-3H3. The topological polar surface area (TPSA) is 29.5 Å². The highest BCUT2D eigenvalue weighted by Gasteiger charge is 2.42. The second kappa shape index (κ2) is 5.27. The van der Waals surface area contributed by atoms with Crippen molar-refractivity contribution in [3.05, 3.63) is 27.7 Å². The lowest BCUT2D eigenvalue weighted by Gasteiger charge is -2.45. The fraction of sp³-hybridized carbons (Fsp3) is 0.667. The Balaban J connectivity index is 1.89. The van der Waals surface area contributed by atoms with E-state index >= 15 is 0 Å². The minimum Gasteiger partial charge on any atom is -0.493 e. The molecule has 3 heteroatoms. The van der Waals surface area contributed by atoms with Gasteiger partial charge in [0.1, 0.15) is 5.75 Å². The minimum atomic E-state index is -0.609. The molecule has 1 heterocycles. The van der Waals surface area contributed by atoms with Crippen molar-refractivity contribution in [1.82, 2.24) is 0 Å². The Morgan fingerprint density at radius 3 is 2.81 bits per heavy atom. The van der Waals surface area contributed by atoms with E-state index in [1.54, 1.807) is 0 Å². The van der Waals surface area contributed by atoms with Crippen LogP contribution < -0.4 is 4.74 Å². The normalized spacial score (nSPS) is 30.8. The van der Waals surface area contributed by atoms with Gasteiger partial charge in [-0.25, -0.2) is 0 Å². The molecule has 21 heavy (non-hydrogen) atoms. The van der Waals surface area contributed by atoms with Gasteiger partial charge in [0.2, 0.25) is 0 Å². The summed E-state index contributed by atoms with van der Waals surface area (Å²) in [6.45, 7) is 7.57. The molecular weight excluding hydrogens is 328 g/mol. The Kier molecular flexibility index (Phi) is 3.86. The first-order valence-electron chi connectivity index (χ1n) is 7.93. The van der Waals surface area contributed by atoms with E-state index in [-0.39, 0.29) is 5.41 Å². The molecule has 116 valence electrons. The van der Waals surface area contributed by atoms with Gasteiger partial charge < -0.3 is 9.84 Å². The van der Waals surface area contributed by atoms with Gasteiger partial charge in [-0.1, -0.05) is 36.7 Å². The van der Waals surface area contributed by atoms with Crippen LogP contribution in [0.1, 0.15) is 51.2 Å². The van der Waals surface area contributed by atoms with Crippen LogP contribution in [-0.4, -0.2) is 17.3 Å². The fourth-order valence-electron chi connectivity index (χ4n) is 4.67. The second-order valence-electron chi connectivity index (χ2n) is 7.91. The van der Waals surface area contributed by atoms with Crippen LogP contribution in [0.4, 0.5) is 0 Å². The fourth-order valence-corrected chi connectivity index (χ4v) is 5.22. The van der Waals surface area contributed by atoms with Crippen molar-refractivity contribution in [2.24, 2.45) is 11.3 Å². The van der Waals surface area contributed by atoms with Gasteiger partial charge in [-0.3, -0.25) is 0 Å². The molecule has 1 aromatic rings. The maximum absolute atomic E-state index is 11.2. The Morgan fingerprint density at radius 1 is 1.33 bits per heavy atom. The summed E-state index contributed by atoms with van der Waals surface area (Å²) in [6, 6.07) is 4.26. The number of hydrogen-bond donors (Lipinski definition) is 1. The quantitative estimate of drug-likeness (QED) is 0.848. The first-order valence-corrected chi connectivity index (χ1v) is 8.72. The van der Waals surface area contributed by atoms with Crippen LogP contribution in [0.25, 0.3) is 0 Å². The van der Waals surface area contributed by atoms with Crippen LogP contribution in [0.3, 0.4) is 0 Å². The number of benzene rings is 1. The van der Waals surface area contributed by atoms with Gasteiger partial charge in [-0.05, 0) is 53.9 Å². The second-order valence-corrected chi connectivity index (χ2v) is 8.82. The Labute approximate surface area is 136 Å². The molecule has 0 bridgehead atoms. The third kappa shape index (κ3) is 3.29. The van der Waals surface area contributed by atoms with Crippen molar-refractivity contribution < 1.29 is 9.84 Å². The summed E-state index contributed by atoms with van der Waals surface area (Å²) < 4.78 is 6.91. The molecule has 0 amide bonds. The molecule has 1 N–H and O–H groups in total. The number of hydrogen-bond acceptors (Lipinski definition) is 2. The van der Waals surface area contributed by atoms with Gasteiger partial charge in [-0.2, -0.15) is 0 Å². The SMILES string of the molecule is CC1CC(C)(C)CC(O)(Cc2cc(Br)cc3c2OCC3)C1. The molecule has 0 spiro atoms. The van der Waals surface area contributed by atoms with Gasteiger partial charge in [0.25, 0.3) is 0 Å². The zero-order valence-corrected chi connectivity index (χ0v) is 14.8. The molecule has 0 saturated heterocycles. The van der Waals surface area contributed by atoms with Crippen molar-refractivity contribution >= 4 is 15.9 Å². The molecule has 1 fully saturated rings. The van der Waals surface area contributed by atoms with Crippen LogP contribution in [-0.2, 0) is 12.8 Å². The zero-order valence-electron chi connectivity index (χ0n) is 13.2. The first-order chi connectivity index (χ1) is 9.76. The average molecular weight is 353 g/mol. The molecule has 2 atom stereocenters. The monoisotopic (exact) mass is 352 g/mol. The predicted octanol–water partition coefficient (Wildman–Crippen LogP) is 4.50. The summed E-state index contributed by atoms with van der Waals surface area (Å²) in [5.41, 5.74) is 2.03. The molecule has 0 radical (unpaired) electrons. The molecular formula is C18H25BrO2. The highest BCUT2D eigenvalue weighted by atomic mass is 79.9. The van der Waals surface area contributed by atoms with E-state index in [9.17, 15) is 5.11 Å². The third-order valence-electron chi connectivity index (χ3n) is 4.78. The van der Waals surface area contributed by atoms with Gasteiger partial charge in [-0.15, -0.1) is 0 Å². The molecule has 1 saturated carbocycles. The summed E-state index contributed by atoms with van der Waals surface area (Å²) in [6.07, 6.45) is 4.62. The minimum absolute atomic E-state index is 0.211. The summed E-state index contributed by atoms with van der Waals surface area (Å²) in [7, 11) is 0. The van der Waals surface area contributed by atoms with Crippen LogP contribution in [0.5, 0.6) is 5.75 Å². The Hall–Kier alpha value is -0.540. The number of aliphatic hydroxyl groups is 1. The largest absolute Gasteiger partial charge is 0.493 e. The molecule has 2 unspecified atom stereocenters. The maximum Gasteiger partial charge on any atom is 0.125 e. The summed E-state index contributed by atoms with van der Waals surface area (Å²) in [5, 5.41) is 11.2. The van der Waals surface area contributed by atoms with Gasteiger partial charge in [0, 0.05) is 17.3 Å². The molecule has 2 nitrogen and oxygen atoms in total. The smallest absolute Gasteiger partial charge is 0.125 e. The number of fused-ring (bicyclic) bond motifs is 1. The molecule has 3 rings (SSSR count). The van der Waals surface area contributed by atoms with E-state index in [4.69, 9.17) is 4.74 Å². The van der Waals surface area contributed by atoms with E-state index < -0.39 is 5.60 Å². The van der Waals surface area contributed by atoms with Crippen molar-refractivity contribution in [1.29, 1.82) is 0 Å². The average Bonchev–Trinajstić information content (AvgIpc) is 2.72. The lowest BCUT2D eigenvalue weighted by Crippen LogP contribution is -2.43. The van der Waals surface area contributed by atoms with E-state index in [0.717, 1.165) is 41.7 Å². The zero-order chi connectivity index (χ0) is 15.3. The van der Waals surface area contributed by atoms with Crippen LogP contribution in [0.15, 0.2) is 16.6 Å². The van der Waals surface area contributed by atoms with E-state index in [2.05, 4.69) is 48.8 Å². The van der Waals surface area contributed by atoms with E-state index in [1.807, 2.05) is 0 Å². The Morgan fingerprint density at radius 2 is 2.10 bits per heavy atom. The van der Waals surface area contributed by atoms with Gasteiger partial charge in [0.15, 0.2) is 0 Å². The van der Waals surface area contributed by atoms with Crippen molar-refractivity contribution in [2.75, 3.05) is 6.61 Å². The predicted molar refractivity (Wildman–Crippen MR) is 88.8 cm³/mol. The molecule has 1 aromatic carbocycles. The number of ether oxygens (including phenoxy) is 1. The lowest BCUT2D eigenvalue weighted by atomic mass is 9.64. The van der Waals surface area contributed by atoms with Crippen LogP contribution >= 0.6 is 15.9 Å². The van der Waals surface area contributed by atoms with Gasteiger partial charge >= 0.3 is 0 Å². The van der Waals surface area contributed by atoms with Crippen LogP contribution in [0.2, 0.25) is 0 Å². The lowest BCUT2D eigenvalue weighted by molar-refractivity contribution is -0.0577. The summed E-state index contributed by atoms with van der Waals surface area (Å²) >= 11 is 3.60. The highest BCUT2D eigenvalue weighted by molar-refractivity contribution is 9.10. The maximum atomic E-state index is 11.2. The molecule has 2 aliphatic rings. The third-order valence-corrected chi connectivity index (χ3v) is 5.24. The van der Waals surface area contributed by atoms with E-state index in [1.165, 1.54) is 12.0 Å². The van der Waals surface area contributed by atoms with Crippen molar-refractivity contribution in [2.45, 2.75) is 58.5 Å². The van der Waals surface area contributed by atoms with Crippen LogP contribution in [0, 0.1) is 11.3 Å². The van der Waals surface area contributed by atoms with E-state index in [0.29, 0.717) is 12.3 Å². The van der Waals surface area contributed by atoms with Crippen molar-refractivity contribution in [3.8, 4) is 5.75 Å².